The van der Waals surface area contributed by atoms with E-state index in [0.29, 0.717) is 12.1 Å². The van der Waals surface area contributed by atoms with Gasteiger partial charge >= 0.3 is 0 Å². The van der Waals surface area contributed by atoms with Crippen molar-refractivity contribution in [1.29, 1.82) is 0 Å². The maximum Gasteiger partial charge on any atom is 0.0559 e. The lowest BCUT2D eigenvalue weighted by Crippen LogP contribution is -2.41. The third-order valence-electron chi connectivity index (χ3n) is 9.04. The van der Waals surface area contributed by atoms with Gasteiger partial charge in [0.25, 0.3) is 0 Å². The van der Waals surface area contributed by atoms with Crippen LogP contribution in [0.1, 0.15) is 58.9 Å². The van der Waals surface area contributed by atoms with Crippen molar-refractivity contribution < 1.29 is 0 Å². The standard InChI is InChI=1S/C36H40N2/c1-5-37-32-24-22-27-14-12-13-19-31(27)34(32)36(3,4)33(37)25-23-28-21-20-26(2)35(28)38(29-15-8-6-9-16-29)30-17-10-7-11-18-30/h6-17,19,22-24,30,33H,5,18,20-21,25H2,1-4H3/b28-23-. The molecule has 0 bridgehead atoms. The SMILES string of the molecule is CCN1c2ccc3ccccc3c2C(C)(C)C1C/C=C1/CCC(C)=C1N(c1ccccc1)C1C=CC=CC1. The van der Waals surface area contributed by atoms with Crippen molar-refractivity contribution in [3.8, 4) is 0 Å². The van der Waals surface area contributed by atoms with Gasteiger partial charge in [-0.05, 0) is 85.2 Å². The van der Waals surface area contributed by atoms with Crippen molar-refractivity contribution >= 4 is 22.1 Å². The van der Waals surface area contributed by atoms with Crippen LogP contribution in [0.5, 0.6) is 0 Å². The molecule has 0 fully saturated rings. The topological polar surface area (TPSA) is 6.48 Å². The molecule has 6 rings (SSSR count). The normalized spacial score (nSPS) is 23.1. The van der Waals surface area contributed by atoms with Gasteiger partial charge in [-0.15, -0.1) is 0 Å². The van der Waals surface area contributed by atoms with Crippen LogP contribution in [0.4, 0.5) is 11.4 Å². The molecule has 38 heavy (non-hydrogen) atoms. The highest BCUT2D eigenvalue weighted by Gasteiger charge is 2.44. The largest absolute Gasteiger partial charge is 0.367 e. The Morgan fingerprint density at radius 3 is 2.50 bits per heavy atom. The summed E-state index contributed by atoms with van der Waals surface area (Å²) in [6.45, 7) is 10.6. The molecule has 194 valence electrons. The zero-order chi connectivity index (χ0) is 26.3. The molecule has 2 nitrogen and oxygen atoms in total. The lowest BCUT2D eigenvalue weighted by atomic mass is 9.77. The second-order valence-corrected chi connectivity index (χ2v) is 11.6. The number of hydrogen-bond acceptors (Lipinski definition) is 2. The first-order chi connectivity index (χ1) is 18.5. The lowest BCUT2D eigenvalue weighted by molar-refractivity contribution is 0.422. The van der Waals surface area contributed by atoms with Gasteiger partial charge in [0.1, 0.15) is 0 Å². The average molecular weight is 501 g/mol. The fraction of sp³-hybridized carbons (Fsp3) is 0.333. The third kappa shape index (κ3) is 4.11. The Morgan fingerprint density at radius 1 is 0.947 bits per heavy atom. The molecular formula is C36H40N2. The second-order valence-electron chi connectivity index (χ2n) is 11.6. The molecule has 1 heterocycles. The van der Waals surface area contributed by atoms with Crippen molar-refractivity contribution in [2.75, 3.05) is 16.3 Å². The summed E-state index contributed by atoms with van der Waals surface area (Å²) in [5.41, 5.74) is 8.76. The molecule has 0 aromatic heterocycles. The number of hydrogen-bond donors (Lipinski definition) is 0. The Hall–Kier alpha value is -3.52. The molecule has 3 aliphatic rings. The monoisotopic (exact) mass is 500 g/mol. The fourth-order valence-corrected chi connectivity index (χ4v) is 7.19. The van der Waals surface area contributed by atoms with Gasteiger partial charge in [0.05, 0.1) is 6.04 Å². The Bertz CT molecular complexity index is 1450. The van der Waals surface area contributed by atoms with Gasteiger partial charge in [-0.3, -0.25) is 0 Å². The van der Waals surface area contributed by atoms with E-state index >= 15 is 0 Å². The van der Waals surface area contributed by atoms with E-state index in [2.05, 4.69) is 135 Å². The van der Waals surface area contributed by atoms with Crippen molar-refractivity contribution in [1.82, 2.24) is 0 Å². The Morgan fingerprint density at radius 2 is 1.74 bits per heavy atom. The average Bonchev–Trinajstić information content (AvgIpc) is 3.41. The van der Waals surface area contributed by atoms with Crippen LogP contribution >= 0.6 is 0 Å². The fourth-order valence-electron chi connectivity index (χ4n) is 7.19. The van der Waals surface area contributed by atoms with Crippen molar-refractivity contribution in [3.63, 3.8) is 0 Å². The summed E-state index contributed by atoms with van der Waals surface area (Å²) in [4.78, 5) is 5.27. The van der Waals surface area contributed by atoms with Crippen LogP contribution in [0.15, 0.2) is 114 Å². The highest BCUT2D eigenvalue weighted by Crippen LogP contribution is 2.50. The van der Waals surface area contributed by atoms with E-state index in [4.69, 9.17) is 0 Å². The summed E-state index contributed by atoms with van der Waals surface area (Å²) in [5, 5.41) is 2.76. The van der Waals surface area contributed by atoms with E-state index < -0.39 is 0 Å². The summed E-state index contributed by atoms with van der Waals surface area (Å²) in [7, 11) is 0. The number of likely N-dealkylation sites (N-methyl/N-ethyl adjacent to an activating group) is 1. The molecule has 0 spiro atoms. The molecular weight excluding hydrogens is 460 g/mol. The molecule has 2 aliphatic carbocycles. The smallest absolute Gasteiger partial charge is 0.0559 e. The van der Waals surface area contributed by atoms with Crippen LogP contribution in [-0.2, 0) is 5.41 Å². The first-order valence-corrected chi connectivity index (χ1v) is 14.4. The van der Waals surface area contributed by atoms with Crippen LogP contribution in [0, 0.1) is 0 Å². The number of fused-ring (bicyclic) bond motifs is 3. The summed E-state index contributed by atoms with van der Waals surface area (Å²) in [6, 6.07) is 25.3. The number of allylic oxidation sites excluding steroid dienone is 4. The predicted molar refractivity (Wildman–Crippen MR) is 164 cm³/mol. The van der Waals surface area contributed by atoms with Gasteiger partial charge in [0, 0.05) is 35.1 Å². The van der Waals surface area contributed by atoms with E-state index in [1.807, 2.05) is 0 Å². The molecule has 2 unspecified atom stereocenters. The molecule has 0 N–H and O–H groups in total. The Balaban J connectivity index is 1.37. The quantitative estimate of drug-likeness (QED) is 0.333. The summed E-state index contributed by atoms with van der Waals surface area (Å²) < 4.78 is 0. The second kappa shape index (κ2) is 9.98. The Kier molecular flexibility index (Phi) is 6.51. The Labute approximate surface area is 228 Å². The minimum Gasteiger partial charge on any atom is -0.367 e. The van der Waals surface area contributed by atoms with Crippen LogP contribution in [0.3, 0.4) is 0 Å². The molecule has 1 aliphatic heterocycles. The number of benzene rings is 3. The van der Waals surface area contributed by atoms with Gasteiger partial charge in [0.15, 0.2) is 0 Å². The number of nitrogens with zero attached hydrogens (tertiary/aromatic N) is 2. The number of anilines is 2. The van der Waals surface area contributed by atoms with Crippen molar-refractivity contribution in [3.05, 3.63) is 120 Å². The first-order valence-electron chi connectivity index (χ1n) is 14.4. The zero-order valence-corrected chi connectivity index (χ0v) is 23.3. The first kappa shape index (κ1) is 24.8. The van der Waals surface area contributed by atoms with Crippen molar-refractivity contribution in [2.45, 2.75) is 70.9 Å². The van der Waals surface area contributed by atoms with E-state index in [9.17, 15) is 0 Å². The zero-order valence-electron chi connectivity index (χ0n) is 23.3. The minimum atomic E-state index is 0.0663. The van der Waals surface area contributed by atoms with Crippen LogP contribution < -0.4 is 9.80 Å². The van der Waals surface area contributed by atoms with Gasteiger partial charge in [-0.25, -0.2) is 0 Å². The van der Waals surface area contributed by atoms with E-state index in [-0.39, 0.29) is 5.41 Å². The van der Waals surface area contributed by atoms with Gasteiger partial charge in [-0.1, -0.05) is 92.8 Å². The molecule has 3 aromatic rings. The third-order valence-corrected chi connectivity index (χ3v) is 9.04. The summed E-state index contributed by atoms with van der Waals surface area (Å²) >= 11 is 0. The van der Waals surface area contributed by atoms with Crippen LogP contribution in [0.2, 0.25) is 0 Å². The predicted octanol–water partition coefficient (Wildman–Crippen LogP) is 9.10. The maximum atomic E-state index is 2.66. The van der Waals surface area contributed by atoms with E-state index in [1.165, 1.54) is 44.6 Å². The number of rotatable bonds is 6. The van der Waals surface area contributed by atoms with Crippen LogP contribution in [-0.4, -0.2) is 18.6 Å². The van der Waals surface area contributed by atoms with Gasteiger partial charge in [0.2, 0.25) is 0 Å². The van der Waals surface area contributed by atoms with E-state index in [1.54, 1.807) is 0 Å². The molecule has 0 radical (unpaired) electrons. The molecule has 2 atom stereocenters. The summed E-state index contributed by atoms with van der Waals surface area (Å²) in [6.07, 6.45) is 16.0. The molecule has 2 heteroatoms. The molecule has 0 saturated carbocycles. The molecule has 0 amide bonds. The van der Waals surface area contributed by atoms with Crippen molar-refractivity contribution in [2.24, 2.45) is 0 Å². The molecule has 3 aromatic carbocycles. The minimum absolute atomic E-state index is 0.0663. The van der Waals surface area contributed by atoms with Gasteiger partial charge in [-0.2, -0.15) is 0 Å². The van der Waals surface area contributed by atoms with E-state index in [0.717, 1.165) is 32.2 Å². The lowest BCUT2D eigenvalue weighted by Gasteiger charge is -2.36. The highest BCUT2D eigenvalue weighted by molar-refractivity contribution is 5.93. The highest BCUT2D eigenvalue weighted by atomic mass is 15.2. The number of para-hydroxylation sites is 1. The maximum absolute atomic E-state index is 2.66. The summed E-state index contributed by atoms with van der Waals surface area (Å²) in [5.74, 6) is 0. The van der Waals surface area contributed by atoms with Crippen LogP contribution in [0.25, 0.3) is 10.8 Å². The molecule has 0 saturated heterocycles. The van der Waals surface area contributed by atoms with Gasteiger partial charge < -0.3 is 9.80 Å².